The van der Waals surface area contributed by atoms with Gasteiger partial charge in [-0.15, -0.1) is 0 Å². The second kappa shape index (κ2) is 11.4. The molecule has 1 saturated heterocycles. The van der Waals surface area contributed by atoms with Crippen LogP contribution in [0.3, 0.4) is 0 Å². The van der Waals surface area contributed by atoms with Gasteiger partial charge in [0.1, 0.15) is 24.2 Å². The van der Waals surface area contributed by atoms with E-state index in [2.05, 4.69) is 10.6 Å². The number of carbonyl (C=O) groups is 5. The maximum Gasteiger partial charge on any atom is 0.326 e. The molecule has 1 aliphatic rings. The zero-order valence-electron chi connectivity index (χ0n) is 16.5. The molecule has 0 saturated carbocycles. The van der Waals surface area contributed by atoms with Crippen molar-refractivity contribution in [1.29, 1.82) is 0 Å². The highest BCUT2D eigenvalue weighted by atomic mass is 16.4. The molecule has 8 N–H and O–H groups in total. The molecule has 0 spiro atoms. The first-order valence-electron chi connectivity index (χ1n) is 9.39. The van der Waals surface area contributed by atoms with Gasteiger partial charge in [-0.2, -0.15) is 0 Å². The van der Waals surface area contributed by atoms with Gasteiger partial charge in [0.05, 0.1) is 12.7 Å². The summed E-state index contributed by atoms with van der Waals surface area (Å²) in [4.78, 5) is 60.5. The van der Waals surface area contributed by atoms with Crippen molar-refractivity contribution in [2.75, 3.05) is 13.2 Å². The van der Waals surface area contributed by atoms with E-state index in [4.69, 9.17) is 10.8 Å². The van der Waals surface area contributed by atoms with E-state index in [0.29, 0.717) is 6.42 Å². The molecule has 5 atom stereocenters. The van der Waals surface area contributed by atoms with Crippen molar-refractivity contribution in [3.8, 4) is 0 Å². The average Bonchev–Trinajstić information content (AvgIpc) is 3.17. The average molecular weight is 432 g/mol. The Kier molecular flexibility index (Phi) is 9.62. The normalized spacial score (nSPS) is 20.0. The van der Waals surface area contributed by atoms with Crippen LogP contribution in [0.1, 0.15) is 32.6 Å². The summed E-state index contributed by atoms with van der Waals surface area (Å²) in [6.07, 6.45) is -1.35. The molecule has 0 aromatic rings. The molecule has 1 fully saturated rings. The molecule has 0 aliphatic carbocycles. The Balaban J connectivity index is 2.92. The number of hydrogen-bond donors (Lipinski definition) is 7. The van der Waals surface area contributed by atoms with Crippen molar-refractivity contribution in [1.82, 2.24) is 15.5 Å². The second-order valence-electron chi connectivity index (χ2n) is 7.03. The van der Waals surface area contributed by atoms with Crippen LogP contribution in [0.15, 0.2) is 0 Å². The fraction of sp³-hybridized carbons (Fsp3) is 0.706. The van der Waals surface area contributed by atoms with Gasteiger partial charge in [-0.3, -0.25) is 19.2 Å². The van der Waals surface area contributed by atoms with Crippen LogP contribution in [0.5, 0.6) is 0 Å². The summed E-state index contributed by atoms with van der Waals surface area (Å²) >= 11 is 0. The van der Waals surface area contributed by atoms with E-state index in [-0.39, 0.29) is 19.4 Å². The number of aliphatic hydroxyl groups is 2. The van der Waals surface area contributed by atoms with Crippen LogP contribution in [-0.2, 0) is 24.0 Å². The number of aliphatic carboxylic acids is 2. The summed E-state index contributed by atoms with van der Waals surface area (Å²) in [5, 5.41) is 41.3. The molecule has 13 nitrogen and oxygen atoms in total. The summed E-state index contributed by atoms with van der Waals surface area (Å²) in [7, 11) is 0. The first-order chi connectivity index (χ1) is 14.0. The van der Waals surface area contributed by atoms with Crippen LogP contribution in [0.25, 0.3) is 0 Å². The number of nitrogens with zero attached hydrogens (tertiary/aromatic N) is 1. The first-order valence-corrected chi connectivity index (χ1v) is 9.39. The van der Waals surface area contributed by atoms with Gasteiger partial charge < -0.3 is 41.7 Å². The van der Waals surface area contributed by atoms with E-state index < -0.39 is 73.0 Å². The molecule has 170 valence electrons. The van der Waals surface area contributed by atoms with E-state index in [1.165, 1.54) is 6.92 Å². The van der Waals surface area contributed by atoms with Gasteiger partial charge >= 0.3 is 11.9 Å². The third-order valence-corrected chi connectivity index (χ3v) is 4.72. The largest absolute Gasteiger partial charge is 0.481 e. The quantitative estimate of drug-likeness (QED) is 0.171. The van der Waals surface area contributed by atoms with Crippen LogP contribution < -0.4 is 16.4 Å². The van der Waals surface area contributed by atoms with Gasteiger partial charge in [0.15, 0.2) is 0 Å². The van der Waals surface area contributed by atoms with E-state index in [9.17, 15) is 39.3 Å². The van der Waals surface area contributed by atoms with Crippen LogP contribution in [0, 0.1) is 0 Å². The number of carboxylic acids is 2. The Morgan fingerprint density at radius 3 is 2.20 bits per heavy atom. The summed E-state index contributed by atoms with van der Waals surface area (Å²) < 4.78 is 0. The molecule has 0 radical (unpaired) electrons. The molecule has 13 heteroatoms. The van der Waals surface area contributed by atoms with Gasteiger partial charge in [0.2, 0.25) is 17.7 Å². The third-order valence-electron chi connectivity index (χ3n) is 4.72. The Hall–Kier alpha value is -2.77. The van der Waals surface area contributed by atoms with Crippen LogP contribution in [0.4, 0.5) is 0 Å². The standard InChI is InChI=1S/C17H28N4O9/c1-8(23)13(18)15(27)20-10(7-22)14(26)19-9(4-5-12(24)25)16(28)21-6-2-3-11(21)17(29)30/h8-11,13,22-23H,2-7,18H2,1H3,(H,19,26)(H,20,27)(H,24,25)(H,29,30). The first kappa shape index (κ1) is 25.3. The van der Waals surface area contributed by atoms with Gasteiger partial charge in [-0.05, 0) is 26.2 Å². The number of rotatable bonds is 11. The lowest BCUT2D eigenvalue weighted by molar-refractivity contribution is -0.150. The monoisotopic (exact) mass is 432 g/mol. The number of aliphatic hydroxyl groups excluding tert-OH is 2. The highest BCUT2D eigenvalue weighted by Crippen LogP contribution is 2.19. The fourth-order valence-corrected chi connectivity index (χ4v) is 2.97. The zero-order valence-corrected chi connectivity index (χ0v) is 16.5. The number of likely N-dealkylation sites (tertiary alicyclic amines) is 1. The Morgan fingerprint density at radius 1 is 1.10 bits per heavy atom. The molecule has 0 aromatic carbocycles. The summed E-state index contributed by atoms with van der Waals surface area (Å²) in [5.74, 6) is -5.11. The molecule has 30 heavy (non-hydrogen) atoms. The number of nitrogens with one attached hydrogen (secondary N) is 2. The Labute approximate surface area is 172 Å². The minimum Gasteiger partial charge on any atom is -0.481 e. The van der Waals surface area contributed by atoms with Crippen molar-refractivity contribution in [2.24, 2.45) is 5.73 Å². The highest BCUT2D eigenvalue weighted by molar-refractivity contribution is 5.94. The Morgan fingerprint density at radius 2 is 1.70 bits per heavy atom. The van der Waals surface area contributed by atoms with Crippen molar-refractivity contribution >= 4 is 29.7 Å². The molecule has 1 heterocycles. The van der Waals surface area contributed by atoms with Crippen molar-refractivity contribution in [3.63, 3.8) is 0 Å². The molecule has 0 bridgehead atoms. The lowest BCUT2D eigenvalue weighted by Gasteiger charge is -2.28. The smallest absolute Gasteiger partial charge is 0.326 e. The maximum absolute atomic E-state index is 12.8. The topological polar surface area (TPSA) is 220 Å². The molecule has 5 unspecified atom stereocenters. The summed E-state index contributed by atoms with van der Waals surface area (Å²) in [5.41, 5.74) is 5.46. The molecule has 1 aliphatic heterocycles. The predicted molar refractivity (Wildman–Crippen MR) is 99.8 cm³/mol. The van der Waals surface area contributed by atoms with Crippen molar-refractivity contribution in [3.05, 3.63) is 0 Å². The minimum absolute atomic E-state index is 0.138. The zero-order chi connectivity index (χ0) is 23.0. The maximum atomic E-state index is 12.8. The molecular weight excluding hydrogens is 404 g/mol. The lowest BCUT2D eigenvalue weighted by atomic mass is 10.1. The number of carboxylic acid groups (broad SMARTS) is 2. The third kappa shape index (κ3) is 6.93. The van der Waals surface area contributed by atoms with E-state index in [1.807, 2.05) is 0 Å². The molecule has 3 amide bonds. The predicted octanol–water partition coefficient (Wildman–Crippen LogP) is -3.40. The van der Waals surface area contributed by atoms with E-state index >= 15 is 0 Å². The molecule has 1 rings (SSSR count). The number of carbonyl (C=O) groups excluding carboxylic acids is 3. The summed E-state index contributed by atoms with van der Waals surface area (Å²) in [6, 6.07) is -5.34. The van der Waals surface area contributed by atoms with Crippen LogP contribution in [0.2, 0.25) is 0 Å². The number of amides is 3. The SMILES string of the molecule is CC(O)C(N)C(=O)NC(CO)C(=O)NC(CCC(=O)O)C(=O)N1CCCC1C(=O)O. The number of nitrogens with two attached hydrogens (primary N) is 1. The lowest BCUT2D eigenvalue weighted by Crippen LogP contribution is -2.59. The van der Waals surface area contributed by atoms with Crippen LogP contribution >= 0.6 is 0 Å². The molecular formula is C17H28N4O9. The Bertz CT molecular complexity index is 670. The van der Waals surface area contributed by atoms with E-state index in [1.54, 1.807) is 0 Å². The molecule has 0 aromatic heterocycles. The van der Waals surface area contributed by atoms with Crippen molar-refractivity contribution in [2.45, 2.75) is 62.9 Å². The van der Waals surface area contributed by atoms with Crippen LogP contribution in [-0.4, -0.2) is 98.4 Å². The fourth-order valence-electron chi connectivity index (χ4n) is 2.97. The second-order valence-corrected chi connectivity index (χ2v) is 7.03. The number of hydrogen-bond acceptors (Lipinski definition) is 8. The summed E-state index contributed by atoms with van der Waals surface area (Å²) in [6.45, 7) is 0.540. The van der Waals surface area contributed by atoms with Gasteiger partial charge in [0.25, 0.3) is 0 Å². The highest BCUT2D eigenvalue weighted by Gasteiger charge is 2.38. The minimum atomic E-state index is -1.52. The van der Waals surface area contributed by atoms with Gasteiger partial charge in [0, 0.05) is 13.0 Å². The van der Waals surface area contributed by atoms with Gasteiger partial charge in [-0.25, -0.2) is 4.79 Å². The van der Waals surface area contributed by atoms with Gasteiger partial charge in [-0.1, -0.05) is 0 Å². The van der Waals surface area contributed by atoms with E-state index in [0.717, 1.165) is 4.90 Å². The van der Waals surface area contributed by atoms with Crippen molar-refractivity contribution < 1.29 is 44.4 Å².